The molecule has 1 aliphatic rings. The molecule has 0 aromatic heterocycles. The fourth-order valence-electron chi connectivity index (χ4n) is 2.52. The summed E-state index contributed by atoms with van der Waals surface area (Å²) in [6.07, 6.45) is -2.97. The van der Waals surface area contributed by atoms with Gasteiger partial charge in [-0.2, -0.15) is 18.4 Å². The standard InChI is InChI=1S/C16H16F3N3O3S/c1-22(14-5-6-26(24,25)10-14)9-11(8-20)15(23)21-13-4-2-3-12(7-13)16(17,18)19/h2-4,7,9,14H,5-6,10H2,1H3,(H,21,23)/b11-9-. The lowest BCUT2D eigenvalue weighted by atomic mass is 10.2. The monoisotopic (exact) mass is 387 g/mol. The molecule has 2 rings (SSSR count). The van der Waals surface area contributed by atoms with Gasteiger partial charge in [-0.3, -0.25) is 4.79 Å². The lowest BCUT2D eigenvalue weighted by molar-refractivity contribution is -0.137. The Labute approximate surface area is 148 Å². The third-order valence-electron chi connectivity index (χ3n) is 3.93. The van der Waals surface area contributed by atoms with Crippen molar-refractivity contribution in [1.82, 2.24) is 4.90 Å². The summed E-state index contributed by atoms with van der Waals surface area (Å²) < 4.78 is 61.1. The first kappa shape index (κ1) is 19.8. The molecule has 1 atom stereocenters. The summed E-state index contributed by atoms with van der Waals surface area (Å²) in [6, 6.07) is 5.37. The summed E-state index contributed by atoms with van der Waals surface area (Å²) >= 11 is 0. The lowest BCUT2D eigenvalue weighted by Gasteiger charge is -2.21. The highest BCUT2D eigenvalue weighted by Crippen LogP contribution is 2.30. The maximum absolute atomic E-state index is 12.7. The molecule has 0 bridgehead atoms. The zero-order valence-electron chi connectivity index (χ0n) is 13.7. The van der Waals surface area contributed by atoms with Gasteiger partial charge in [-0.25, -0.2) is 8.42 Å². The van der Waals surface area contributed by atoms with Gasteiger partial charge in [0.25, 0.3) is 5.91 Å². The molecule has 0 spiro atoms. The average Bonchev–Trinajstić information content (AvgIpc) is 2.92. The molecular weight excluding hydrogens is 371 g/mol. The fourth-order valence-corrected chi connectivity index (χ4v) is 4.30. The summed E-state index contributed by atoms with van der Waals surface area (Å²) in [4.78, 5) is 13.6. The second-order valence-electron chi connectivity index (χ2n) is 5.91. The zero-order valence-corrected chi connectivity index (χ0v) is 14.6. The van der Waals surface area contributed by atoms with Gasteiger partial charge >= 0.3 is 6.18 Å². The molecule has 140 valence electrons. The molecule has 0 saturated carbocycles. The quantitative estimate of drug-likeness (QED) is 0.632. The van der Waals surface area contributed by atoms with Crippen LogP contribution in [-0.4, -0.2) is 43.8 Å². The number of amides is 1. The molecule has 0 aliphatic carbocycles. The number of benzene rings is 1. The van der Waals surface area contributed by atoms with Gasteiger partial charge < -0.3 is 10.2 Å². The number of nitrogens with one attached hydrogen (secondary N) is 1. The van der Waals surface area contributed by atoms with Crippen LogP contribution in [0.3, 0.4) is 0 Å². The van der Waals surface area contributed by atoms with E-state index in [0.29, 0.717) is 6.42 Å². The fraction of sp³-hybridized carbons (Fsp3) is 0.375. The smallest absolute Gasteiger partial charge is 0.375 e. The van der Waals surface area contributed by atoms with E-state index in [1.54, 1.807) is 13.1 Å². The van der Waals surface area contributed by atoms with Crippen LogP contribution >= 0.6 is 0 Å². The minimum atomic E-state index is -4.55. The third-order valence-corrected chi connectivity index (χ3v) is 5.68. The van der Waals surface area contributed by atoms with Crippen LogP contribution < -0.4 is 5.32 Å². The Hall–Kier alpha value is -2.54. The minimum Gasteiger partial charge on any atom is -0.375 e. The highest BCUT2D eigenvalue weighted by Gasteiger charge is 2.31. The molecular formula is C16H16F3N3O3S. The van der Waals surface area contributed by atoms with E-state index in [0.717, 1.165) is 18.2 Å². The van der Waals surface area contributed by atoms with E-state index in [9.17, 15) is 26.4 Å². The van der Waals surface area contributed by atoms with Crippen molar-refractivity contribution in [3.8, 4) is 6.07 Å². The van der Waals surface area contributed by atoms with E-state index in [4.69, 9.17) is 5.26 Å². The van der Waals surface area contributed by atoms with Gasteiger partial charge in [0.2, 0.25) is 0 Å². The molecule has 1 aliphatic heterocycles. The van der Waals surface area contributed by atoms with Crippen LogP contribution in [0.25, 0.3) is 0 Å². The number of hydrogen-bond acceptors (Lipinski definition) is 5. The van der Waals surface area contributed by atoms with Crippen LogP contribution in [0.4, 0.5) is 18.9 Å². The Bertz CT molecular complexity index is 873. The molecule has 1 N–H and O–H groups in total. The number of rotatable bonds is 4. The van der Waals surface area contributed by atoms with Crippen molar-refractivity contribution in [3.05, 3.63) is 41.6 Å². The number of halogens is 3. The summed E-state index contributed by atoms with van der Waals surface area (Å²) in [6.45, 7) is 0. The summed E-state index contributed by atoms with van der Waals surface area (Å²) in [5.74, 6) is -0.915. The number of anilines is 1. The van der Waals surface area contributed by atoms with Crippen LogP contribution in [0.2, 0.25) is 0 Å². The number of sulfone groups is 1. The van der Waals surface area contributed by atoms with E-state index < -0.39 is 27.5 Å². The number of alkyl halides is 3. The average molecular weight is 387 g/mol. The number of nitrogens with zero attached hydrogens (tertiary/aromatic N) is 2. The van der Waals surface area contributed by atoms with E-state index in [1.807, 2.05) is 0 Å². The second kappa shape index (κ2) is 7.37. The van der Waals surface area contributed by atoms with Crippen molar-refractivity contribution >= 4 is 21.4 Å². The molecule has 1 aromatic carbocycles. The molecule has 1 saturated heterocycles. The van der Waals surface area contributed by atoms with Gasteiger partial charge in [0, 0.05) is 25.0 Å². The molecule has 1 fully saturated rings. The van der Waals surface area contributed by atoms with Gasteiger partial charge in [0.1, 0.15) is 11.6 Å². The summed E-state index contributed by atoms with van der Waals surface area (Å²) in [5.41, 5.74) is -1.36. The van der Waals surface area contributed by atoms with E-state index in [-0.39, 0.29) is 28.8 Å². The summed E-state index contributed by atoms with van der Waals surface area (Å²) in [5, 5.41) is 11.4. The minimum absolute atomic E-state index is 0.0359. The molecule has 1 unspecified atom stereocenters. The first-order valence-electron chi connectivity index (χ1n) is 7.55. The Morgan fingerprint density at radius 2 is 2.12 bits per heavy atom. The predicted molar refractivity (Wildman–Crippen MR) is 88.6 cm³/mol. The topological polar surface area (TPSA) is 90.3 Å². The first-order chi connectivity index (χ1) is 12.0. The first-order valence-corrected chi connectivity index (χ1v) is 9.37. The van der Waals surface area contributed by atoms with E-state index in [2.05, 4.69) is 5.32 Å². The van der Waals surface area contributed by atoms with Gasteiger partial charge in [-0.1, -0.05) is 6.07 Å². The molecule has 1 heterocycles. The maximum atomic E-state index is 12.7. The van der Waals surface area contributed by atoms with Crippen molar-refractivity contribution in [3.63, 3.8) is 0 Å². The SMILES string of the molecule is CN(/C=C(/C#N)C(=O)Nc1cccc(C(F)(F)F)c1)C1CCS(=O)(=O)C1. The largest absolute Gasteiger partial charge is 0.416 e. The van der Waals surface area contributed by atoms with E-state index >= 15 is 0 Å². The Morgan fingerprint density at radius 3 is 2.65 bits per heavy atom. The van der Waals surface area contributed by atoms with Crippen LogP contribution in [-0.2, 0) is 20.8 Å². The molecule has 10 heteroatoms. The van der Waals surface area contributed by atoms with Crippen LogP contribution in [0, 0.1) is 11.3 Å². The van der Waals surface area contributed by atoms with E-state index in [1.165, 1.54) is 17.2 Å². The van der Waals surface area contributed by atoms with Crippen molar-refractivity contribution in [2.75, 3.05) is 23.9 Å². The highest BCUT2D eigenvalue weighted by molar-refractivity contribution is 7.91. The lowest BCUT2D eigenvalue weighted by Crippen LogP contribution is -2.29. The number of nitriles is 1. The maximum Gasteiger partial charge on any atom is 0.416 e. The molecule has 1 amide bonds. The van der Waals surface area contributed by atoms with Gasteiger partial charge in [0.15, 0.2) is 9.84 Å². The van der Waals surface area contributed by atoms with Crippen molar-refractivity contribution in [2.45, 2.75) is 18.6 Å². The normalized spacial score (nSPS) is 19.7. The molecule has 6 nitrogen and oxygen atoms in total. The van der Waals surface area contributed by atoms with Crippen molar-refractivity contribution in [2.24, 2.45) is 0 Å². The second-order valence-corrected chi connectivity index (χ2v) is 8.14. The molecule has 26 heavy (non-hydrogen) atoms. The van der Waals surface area contributed by atoms with Gasteiger partial charge in [0.05, 0.1) is 17.1 Å². The Morgan fingerprint density at radius 1 is 1.42 bits per heavy atom. The van der Waals surface area contributed by atoms with Gasteiger partial charge in [-0.05, 0) is 24.6 Å². The number of carbonyl (C=O) groups is 1. The highest BCUT2D eigenvalue weighted by atomic mass is 32.2. The van der Waals surface area contributed by atoms with Crippen LogP contribution in [0.15, 0.2) is 36.0 Å². The number of carbonyl (C=O) groups excluding carboxylic acids is 1. The van der Waals surface area contributed by atoms with Gasteiger partial charge in [-0.15, -0.1) is 0 Å². The number of hydrogen-bond donors (Lipinski definition) is 1. The van der Waals surface area contributed by atoms with Crippen LogP contribution in [0.5, 0.6) is 0 Å². The summed E-state index contributed by atoms with van der Waals surface area (Å²) in [7, 11) is -1.59. The van der Waals surface area contributed by atoms with Crippen LogP contribution in [0.1, 0.15) is 12.0 Å². The third kappa shape index (κ3) is 4.98. The molecule has 0 radical (unpaired) electrons. The molecule has 1 aromatic rings. The Balaban J connectivity index is 2.13. The zero-order chi connectivity index (χ0) is 19.5. The van der Waals surface area contributed by atoms with Crippen molar-refractivity contribution < 1.29 is 26.4 Å². The van der Waals surface area contributed by atoms with Crippen molar-refractivity contribution in [1.29, 1.82) is 5.26 Å². The Kier molecular flexibility index (Phi) is 5.61. The predicted octanol–water partition coefficient (Wildman–Crippen LogP) is 2.17.